The minimum atomic E-state index is -0.469. The zero-order valence-corrected chi connectivity index (χ0v) is 9.28. The van der Waals surface area contributed by atoms with Crippen molar-refractivity contribution in [2.24, 2.45) is 0 Å². The summed E-state index contributed by atoms with van der Waals surface area (Å²) in [6.45, 7) is 0. The minimum Gasteiger partial charge on any atom is -0.305 e. The third-order valence-corrected chi connectivity index (χ3v) is 2.13. The number of hydrogen-bond acceptors (Lipinski definition) is 3. The van der Waals surface area contributed by atoms with E-state index >= 15 is 0 Å². The summed E-state index contributed by atoms with van der Waals surface area (Å²) in [4.78, 5) is 19.2. The van der Waals surface area contributed by atoms with Gasteiger partial charge in [-0.05, 0) is 24.3 Å². The maximum Gasteiger partial charge on any atom is 0.275 e. The highest BCUT2D eigenvalue weighted by Crippen LogP contribution is 2.08. The number of amides is 1. The summed E-state index contributed by atoms with van der Waals surface area (Å²) in [5.74, 6) is -0.673. The molecule has 0 aliphatic rings. The summed E-state index contributed by atoms with van der Waals surface area (Å²) in [6, 6.07) is 7.26. The van der Waals surface area contributed by atoms with E-state index in [2.05, 4.69) is 15.3 Å². The molecule has 0 unspecified atom stereocenters. The first kappa shape index (κ1) is 11.5. The van der Waals surface area contributed by atoms with Crippen LogP contribution in [-0.4, -0.2) is 15.9 Å². The lowest BCUT2D eigenvalue weighted by Gasteiger charge is -2.03. The Morgan fingerprint density at radius 3 is 2.76 bits per heavy atom. The molecule has 0 bridgehead atoms. The third kappa shape index (κ3) is 2.98. The van der Waals surface area contributed by atoms with Gasteiger partial charge in [0.25, 0.3) is 5.91 Å². The van der Waals surface area contributed by atoms with Crippen LogP contribution in [0.1, 0.15) is 10.5 Å². The van der Waals surface area contributed by atoms with Crippen LogP contribution in [0.3, 0.4) is 0 Å². The highest BCUT2D eigenvalue weighted by molar-refractivity contribution is 6.29. The second kappa shape index (κ2) is 4.88. The van der Waals surface area contributed by atoms with Gasteiger partial charge in [-0.25, -0.2) is 14.4 Å². The second-order valence-electron chi connectivity index (χ2n) is 3.16. The van der Waals surface area contributed by atoms with Gasteiger partial charge in [-0.2, -0.15) is 0 Å². The van der Waals surface area contributed by atoms with E-state index in [0.717, 1.165) is 6.20 Å². The molecule has 4 nitrogen and oxygen atoms in total. The van der Waals surface area contributed by atoms with Crippen LogP contribution in [0, 0.1) is 5.82 Å². The summed E-state index contributed by atoms with van der Waals surface area (Å²) in [5, 5.41) is 2.70. The monoisotopic (exact) mass is 251 g/mol. The molecular formula is C11H7ClFN3O. The Morgan fingerprint density at radius 2 is 2.12 bits per heavy atom. The van der Waals surface area contributed by atoms with E-state index in [9.17, 15) is 9.18 Å². The van der Waals surface area contributed by atoms with Crippen molar-refractivity contribution < 1.29 is 9.18 Å². The van der Waals surface area contributed by atoms with Crippen molar-refractivity contribution in [3.8, 4) is 0 Å². The minimum absolute atomic E-state index is 0.170. The van der Waals surface area contributed by atoms with Gasteiger partial charge in [-0.3, -0.25) is 4.79 Å². The Morgan fingerprint density at radius 1 is 1.29 bits per heavy atom. The van der Waals surface area contributed by atoms with Crippen molar-refractivity contribution >= 4 is 23.3 Å². The van der Waals surface area contributed by atoms with Crippen molar-refractivity contribution in [3.05, 3.63) is 53.2 Å². The first-order valence-corrected chi connectivity index (χ1v) is 5.08. The molecule has 0 aromatic carbocycles. The molecule has 2 aromatic heterocycles. The van der Waals surface area contributed by atoms with Gasteiger partial charge in [-0.15, -0.1) is 0 Å². The van der Waals surface area contributed by atoms with Crippen molar-refractivity contribution in [3.63, 3.8) is 0 Å². The zero-order valence-electron chi connectivity index (χ0n) is 8.52. The predicted molar refractivity (Wildman–Crippen MR) is 61.4 cm³/mol. The Bertz CT molecular complexity index is 545. The topological polar surface area (TPSA) is 54.9 Å². The van der Waals surface area contributed by atoms with E-state index in [1.807, 2.05) is 0 Å². The first-order chi connectivity index (χ1) is 8.15. The van der Waals surface area contributed by atoms with Crippen LogP contribution >= 0.6 is 11.6 Å². The lowest BCUT2D eigenvalue weighted by molar-refractivity contribution is 0.102. The van der Waals surface area contributed by atoms with Crippen molar-refractivity contribution in [1.29, 1.82) is 0 Å². The maximum atomic E-state index is 12.6. The van der Waals surface area contributed by atoms with Crippen molar-refractivity contribution in [2.45, 2.75) is 0 Å². The second-order valence-corrected chi connectivity index (χ2v) is 3.55. The number of aromatic nitrogens is 2. The van der Waals surface area contributed by atoms with Gasteiger partial charge in [0.15, 0.2) is 0 Å². The molecule has 17 heavy (non-hydrogen) atoms. The lowest BCUT2D eigenvalue weighted by Crippen LogP contribution is -2.14. The van der Waals surface area contributed by atoms with Gasteiger partial charge >= 0.3 is 0 Å². The highest BCUT2D eigenvalue weighted by Gasteiger charge is 2.08. The molecule has 2 heterocycles. The average molecular weight is 252 g/mol. The van der Waals surface area contributed by atoms with Crippen LogP contribution in [0.4, 0.5) is 10.2 Å². The molecular weight excluding hydrogens is 245 g/mol. The van der Waals surface area contributed by atoms with Crippen LogP contribution in [-0.2, 0) is 0 Å². The fourth-order valence-electron chi connectivity index (χ4n) is 1.16. The number of pyridine rings is 2. The number of carbonyl (C=O) groups excluding carboxylic acids is 1. The summed E-state index contributed by atoms with van der Waals surface area (Å²) in [7, 11) is 0. The molecule has 6 heteroatoms. The number of halogens is 2. The van der Waals surface area contributed by atoms with Crippen molar-refractivity contribution in [2.75, 3.05) is 5.32 Å². The van der Waals surface area contributed by atoms with Crippen LogP contribution in [0.15, 0.2) is 36.5 Å². The molecule has 2 aromatic rings. The van der Waals surface area contributed by atoms with E-state index in [-0.39, 0.29) is 16.7 Å². The van der Waals surface area contributed by atoms with E-state index in [1.54, 1.807) is 12.1 Å². The Balaban J connectivity index is 2.14. The fraction of sp³-hybridized carbons (Fsp3) is 0. The largest absolute Gasteiger partial charge is 0.305 e. The zero-order chi connectivity index (χ0) is 12.3. The summed E-state index contributed by atoms with van der Waals surface area (Å²) in [5.41, 5.74) is 0.170. The summed E-state index contributed by atoms with van der Waals surface area (Å²) < 4.78 is 12.6. The molecule has 1 amide bonds. The molecule has 1 N–H and O–H groups in total. The van der Waals surface area contributed by atoms with E-state index in [0.29, 0.717) is 0 Å². The molecule has 0 aliphatic carbocycles. The quantitative estimate of drug-likeness (QED) is 0.835. The molecule has 0 spiro atoms. The van der Waals surface area contributed by atoms with Gasteiger partial charge in [0, 0.05) is 0 Å². The predicted octanol–water partition coefficient (Wildman–Crippen LogP) is 2.52. The van der Waals surface area contributed by atoms with Gasteiger partial charge in [0.05, 0.1) is 6.20 Å². The molecule has 0 atom stereocenters. The summed E-state index contributed by atoms with van der Waals surface area (Å²) >= 11 is 5.66. The Hall–Kier alpha value is -2.01. The lowest BCUT2D eigenvalue weighted by atomic mass is 10.3. The van der Waals surface area contributed by atoms with Gasteiger partial charge < -0.3 is 5.32 Å². The van der Waals surface area contributed by atoms with Gasteiger partial charge in [0.1, 0.15) is 22.5 Å². The van der Waals surface area contributed by atoms with E-state index in [4.69, 9.17) is 11.6 Å². The van der Waals surface area contributed by atoms with Crippen LogP contribution < -0.4 is 5.32 Å². The molecule has 0 saturated heterocycles. The van der Waals surface area contributed by atoms with Gasteiger partial charge in [-0.1, -0.05) is 17.7 Å². The maximum absolute atomic E-state index is 12.6. The number of anilines is 1. The van der Waals surface area contributed by atoms with E-state index < -0.39 is 11.7 Å². The number of nitrogens with one attached hydrogen (secondary N) is 1. The smallest absolute Gasteiger partial charge is 0.275 e. The van der Waals surface area contributed by atoms with Crippen LogP contribution in [0.5, 0.6) is 0 Å². The number of nitrogens with zero attached hydrogens (tertiary/aromatic N) is 2. The van der Waals surface area contributed by atoms with Gasteiger partial charge in [0.2, 0.25) is 0 Å². The summed E-state index contributed by atoms with van der Waals surface area (Å²) in [6.07, 6.45) is 1.01. The first-order valence-electron chi connectivity index (χ1n) is 4.70. The molecule has 0 aliphatic heterocycles. The van der Waals surface area contributed by atoms with E-state index in [1.165, 1.54) is 18.2 Å². The average Bonchev–Trinajstić information content (AvgIpc) is 2.32. The SMILES string of the molecule is O=C(Nc1ccc(F)cn1)c1cccc(Cl)n1. The third-order valence-electron chi connectivity index (χ3n) is 1.92. The van der Waals surface area contributed by atoms with Crippen LogP contribution in [0.2, 0.25) is 5.15 Å². The highest BCUT2D eigenvalue weighted by atomic mass is 35.5. The molecule has 0 saturated carbocycles. The fourth-order valence-corrected chi connectivity index (χ4v) is 1.33. The standard InChI is InChI=1S/C11H7ClFN3O/c12-9-3-1-2-8(15-9)11(17)16-10-5-4-7(13)6-14-10/h1-6H,(H,14,16,17). The Labute approximate surface area is 101 Å². The number of carbonyl (C=O) groups is 1. The normalized spacial score (nSPS) is 10.0. The molecule has 0 fully saturated rings. The Kier molecular flexibility index (Phi) is 3.30. The number of hydrogen-bond donors (Lipinski definition) is 1. The van der Waals surface area contributed by atoms with Crippen molar-refractivity contribution in [1.82, 2.24) is 9.97 Å². The van der Waals surface area contributed by atoms with Crippen LogP contribution in [0.25, 0.3) is 0 Å². The molecule has 2 rings (SSSR count). The molecule has 86 valence electrons. The number of rotatable bonds is 2. The molecule has 0 radical (unpaired) electrons.